The van der Waals surface area contributed by atoms with Crippen LogP contribution in [0.15, 0.2) is 78.9 Å². The van der Waals surface area contributed by atoms with Crippen molar-refractivity contribution in [3.8, 4) is 0 Å². The Bertz CT molecular complexity index is 2890. The minimum Gasteiger partial charge on any atom is -0.458 e. The predicted octanol–water partition coefficient (Wildman–Crippen LogP) is 6.52. The third kappa shape index (κ3) is 21.2. The molecule has 2 saturated carbocycles. The van der Waals surface area contributed by atoms with Crippen LogP contribution in [0.3, 0.4) is 0 Å². The first-order valence-electron chi connectivity index (χ1n) is 31.4. The standard InChI is InChI=1S/C67H92F2N6O15/c1-43(87-63(81)53(36-45-16-17-45)71(8)59(77)56(89-62(80)52(70-7)40-66(3,4)68)38-47-20-24-50(25-21-47)74-28-32-84-33-29-74)58(76)73(10)55(41-67(5,6)69)65(83)90-57(39-48-22-26-51(27-23-48)75-30-34-85-35-31-75)60(78)72(9)54(37-46-18-19-46)64(82)88-44(2)61(79)86-42-49-14-12-11-13-15-49/h11-15,20-27,43-46,52-57,70H,16-19,28-42H2,1-10H3/t43-,44-,52+,53+,54+,55+,56-,57-/m1/s1. The van der Waals surface area contributed by atoms with Gasteiger partial charge in [0.05, 0.1) is 26.4 Å². The molecular formula is C67H92F2N6O15. The number of likely N-dealkylation sites (N-methyl/N-ethyl adjacent to an activating group) is 4. The number of benzene rings is 3. The van der Waals surface area contributed by atoms with Gasteiger partial charge in [-0.3, -0.25) is 19.2 Å². The summed E-state index contributed by atoms with van der Waals surface area (Å²) >= 11 is 0. The van der Waals surface area contributed by atoms with E-state index in [1.54, 1.807) is 36.4 Å². The summed E-state index contributed by atoms with van der Waals surface area (Å²) < 4.78 is 71.0. The number of amides is 3. The molecule has 7 rings (SSSR count). The third-order valence-electron chi connectivity index (χ3n) is 16.8. The lowest BCUT2D eigenvalue weighted by Gasteiger charge is -2.34. The first kappa shape index (κ1) is 70.2. The Hall–Kier alpha value is -7.24. The molecule has 2 saturated heterocycles. The largest absolute Gasteiger partial charge is 0.458 e. The van der Waals surface area contributed by atoms with Crippen LogP contribution < -0.4 is 15.1 Å². The molecule has 0 unspecified atom stereocenters. The minimum absolute atomic E-state index is 0.0103. The fourth-order valence-corrected chi connectivity index (χ4v) is 11.0. The average molecular weight is 1260 g/mol. The van der Waals surface area contributed by atoms with Crippen molar-refractivity contribution < 1.29 is 80.3 Å². The van der Waals surface area contributed by atoms with E-state index in [4.69, 9.17) is 33.2 Å². The molecule has 2 aliphatic heterocycles. The molecular weight excluding hydrogens is 1170 g/mol. The molecule has 0 spiro atoms. The van der Waals surface area contributed by atoms with Gasteiger partial charge < -0.3 is 63.0 Å². The van der Waals surface area contributed by atoms with E-state index in [9.17, 15) is 38.0 Å². The third-order valence-corrected chi connectivity index (χ3v) is 16.8. The Labute approximate surface area is 527 Å². The maximum Gasteiger partial charge on any atom is 0.347 e. The van der Waals surface area contributed by atoms with E-state index >= 15 is 9.18 Å². The number of ether oxygens (including phenoxy) is 7. The zero-order chi connectivity index (χ0) is 65.5. The lowest BCUT2D eigenvalue weighted by atomic mass is 9.99. The molecule has 21 nitrogen and oxygen atoms in total. The van der Waals surface area contributed by atoms with Crippen molar-refractivity contribution in [2.45, 2.75) is 172 Å². The van der Waals surface area contributed by atoms with Gasteiger partial charge in [-0.15, -0.1) is 0 Å². The predicted molar refractivity (Wildman–Crippen MR) is 330 cm³/mol. The van der Waals surface area contributed by atoms with Crippen molar-refractivity contribution in [1.29, 1.82) is 0 Å². The van der Waals surface area contributed by atoms with Crippen LogP contribution in [0, 0.1) is 11.8 Å². The summed E-state index contributed by atoms with van der Waals surface area (Å²) in [6.45, 7) is 12.6. The normalized spacial score (nSPS) is 18.0. The first-order chi connectivity index (χ1) is 42.7. The van der Waals surface area contributed by atoms with Crippen molar-refractivity contribution in [2.24, 2.45) is 11.8 Å². The first-order valence-corrected chi connectivity index (χ1v) is 31.4. The SMILES string of the molecule is CN[C@@H](CC(C)(C)F)C(=O)O[C@H](Cc1ccc(N2CCOCC2)cc1)C(=O)N(C)[C@@H](CC1CC1)C(=O)O[C@H](C)C(=O)N(C)[C@@H](CC(C)(C)F)C(=O)O[C@H](Cc1ccc(N2CCOCC2)cc1)C(=O)N(C)[C@@H](CC1CC1)C(=O)O[C@H](C)C(=O)OCc1ccccc1. The molecule has 0 aromatic heterocycles. The van der Waals surface area contributed by atoms with Crippen LogP contribution in [-0.2, 0) is 91.0 Å². The lowest BCUT2D eigenvalue weighted by molar-refractivity contribution is -0.176. The average Bonchev–Trinajstić information content (AvgIpc) is 1.46. The maximum atomic E-state index is 16.0. The lowest BCUT2D eigenvalue weighted by Crippen LogP contribution is -2.54. The smallest absolute Gasteiger partial charge is 0.347 e. The van der Waals surface area contributed by atoms with Crippen LogP contribution in [-0.4, -0.2) is 203 Å². The van der Waals surface area contributed by atoms with Crippen LogP contribution >= 0.6 is 0 Å². The molecule has 2 heterocycles. The van der Waals surface area contributed by atoms with Gasteiger partial charge in [0, 0.05) is 84.4 Å². The Balaban J connectivity index is 1.09. The number of rotatable bonds is 32. The monoisotopic (exact) mass is 1260 g/mol. The van der Waals surface area contributed by atoms with Gasteiger partial charge in [-0.25, -0.2) is 28.0 Å². The van der Waals surface area contributed by atoms with E-state index in [2.05, 4.69) is 15.1 Å². The number of hydrogen-bond donors (Lipinski definition) is 1. The molecule has 4 aliphatic rings. The molecule has 1 N–H and O–H groups in total. The second kappa shape index (κ2) is 32.2. The molecule has 494 valence electrons. The van der Waals surface area contributed by atoms with Crippen LogP contribution in [0.4, 0.5) is 20.2 Å². The van der Waals surface area contributed by atoms with Gasteiger partial charge in [-0.2, -0.15) is 0 Å². The summed E-state index contributed by atoms with van der Waals surface area (Å²) in [6, 6.07) is 18.3. The summed E-state index contributed by atoms with van der Waals surface area (Å²) in [5, 5.41) is 2.79. The van der Waals surface area contributed by atoms with Gasteiger partial charge in [0.25, 0.3) is 17.7 Å². The molecule has 2 aliphatic carbocycles. The molecule has 3 aromatic rings. The van der Waals surface area contributed by atoms with E-state index in [1.165, 1.54) is 69.7 Å². The van der Waals surface area contributed by atoms with E-state index in [-0.39, 0.29) is 50.5 Å². The Morgan fingerprint density at radius 1 is 0.522 bits per heavy atom. The zero-order valence-corrected chi connectivity index (χ0v) is 53.8. The van der Waals surface area contributed by atoms with Crippen molar-refractivity contribution in [2.75, 3.05) is 90.6 Å². The quantitative estimate of drug-likeness (QED) is 0.0518. The number of halogens is 2. The second-order valence-corrected chi connectivity index (χ2v) is 25.5. The Morgan fingerprint density at radius 3 is 1.33 bits per heavy atom. The molecule has 3 aromatic carbocycles. The molecule has 23 heteroatoms. The van der Waals surface area contributed by atoms with Gasteiger partial charge in [-0.05, 0) is 114 Å². The summed E-state index contributed by atoms with van der Waals surface area (Å²) in [5.41, 5.74) is -0.158. The van der Waals surface area contributed by atoms with Crippen LogP contribution in [0.2, 0.25) is 0 Å². The highest BCUT2D eigenvalue weighted by atomic mass is 19.1. The van der Waals surface area contributed by atoms with Crippen molar-refractivity contribution in [3.63, 3.8) is 0 Å². The number of carbonyl (C=O) groups is 8. The number of anilines is 2. The fourth-order valence-electron chi connectivity index (χ4n) is 11.0. The van der Waals surface area contributed by atoms with E-state index in [0.717, 1.165) is 57.3 Å². The molecule has 3 amide bonds. The van der Waals surface area contributed by atoms with Crippen LogP contribution in [0.5, 0.6) is 0 Å². The van der Waals surface area contributed by atoms with Gasteiger partial charge in [0.1, 0.15) is 42.1 Å². The zero-order valence-electron chi connectivity index (χ0n) is 53.8. The Kier molecular flexibility index (Phi) is 25.1. The minimum atomic E-state index is -2.12. The van der Waals surface area contributed by atoms with E-state index in [1.807, 2.05) is 42.5 Å². The maximum absolute atomic E-state index is 16.0. The van der Waals surface area contributed by atoms with E-state index < -0.39 is 114 Å². The molecule has 0 radical (unpaired) electrons. The molecule has 4 fully saturated rings. The van der Waals surface area contributed by atoms with Gasteiger partial charge >= 0.3 is 29.8 Å². The molecule has 0 bridgehead atoms. The summed E-state index contributed by atoms with van der Waals surface area (Å²) in [4.78, 5) is 122. The fraction of sp³-hybridized carbons (Fsp3) is 0.612. The second-order valence-electron chi connectivity index (χ2n) is 25.5. The summed E-state index contributed by atoms with van der Waals surface area (Å²) in [5.74, 6) is -7.17. The highest BCUT2D eigenvalue weighted by Gasteiger charge is 2.44. The molecule has 8 atom stereocenters. The van der Waals surface area contributed by atoms with Crippen molar-refractivity contribution in [1.82, 2.24) is 20.0 Å². The van der Waals surface area contributed by atoms with Gasteiger partial charge in [0.15, 0.2) is 24.4 Å². The number of nitrogens with one attached hydrogen (secondary N) is 1. The van der Waals surface area contributed by atoms with Crippen molar-refractivity contribution >= 4 is 58.9 Å². The van der Waals surface area contributed by atoms with E-state index in [0.29, 0.717) is 63.7 Å². The number of morpholine rings is 2. The van der Waals surface area contributed by atoms with Crippen LogP contribution in [0.25, 0.3) is 0 Å². The topological polar surface area (TPSA) is 229 Å². The molecule has 90 heavy (non-hydrogen) atoms. The number of esters is 5. The highest BCUT2D eigenvalue weighted by Crippen LogP contribution is 2.37. The van der Waals surface area contributed by atoms with Crippen molar-refractivity contribution in [3.05, 3.63) is 95.6 Å². The number of nitrogens with zero attached hydrogens (tertiary/aromatic N) is 5. The summed E-state index contributed by atoms with van der Waals surface area (Å²) in [7, 11) is 5.45. The van der Waals surface area contributed by atoms with Gasteiger partial charge in [-0.1, -0.05) is 80.3 Å². The summed E-state index contributed by atoms with van der Waals surface area (Å²) in [6.07, 6.45) is -3.98. The Morgan fingerprint density at radius 2 is 0.922 bits per heavy atom. The number of hydrogen-bond acceptors (Lipinski definition) is 18. The van der Waals surface area contributed by atoms with Crippen LogP contribution in [0.1, 0.15) is 110 Å². The number of carbonyl (C=O) groups excluding carboxylic acids is 8. The number of alkyl halides is 2. The highest BCUT2D eigenvalue weighted by molar-refractivity contribution is 5.93. The van der Waals surface area contributed by atoms with Gasteiger partial charge in [0.2, 0.25) is 0 Å².